The fraction of sp³-hybridized carbons (Fsp3) is 0.321. The second kappa shape index (κ2) is 11.4. The number of non-ortho nitro benzene ring substituents is 1. The Morgan fingerprint density at radius 1 is 1.08 bits per heavy atom. The van der Waals surface area contributed by atoms with Gasteiger partial charge in [-0.2, -0.15) is 0 Å². The maximum absolute atomic E-state index is 13.5. The summed E-state index contributed by atoms with van der Waals surface area (Å²) >= 11 is 1.40. The molecule has 1 atom stereocenters. The van der Waals surface area contributed by atoms with Gasteiger partial charge >= 0.3 is 5.97 Å². The van der Waals surface area contributed by atoms with Crippen LogP contribution in [0.1, 0.15) is 30.5 Å². The zero-order chi connectivity index (χ0) is 27.5. The highest BCUT2D eigenvalue weighted by Gasteiger charge is 2.42. The van der Waals surface area contributed by atoms with E-state index in [1.54, 1.807) is 19.1 Å². The molecule has 11 heteroatoms. The molecule has 202 valence electrons. The van der Waals surface area contributed by atoms with Crippen LogP contribution >= 0.6 is 11.8 Å². The molecule has 10 nitrogen and oxygen atoms in total. The maximum atomic E-state index is 13.5. The number of amidine groups is 1. The molecule has 0 bridgehead atoms. The fourth-order valence-corrected chi connectivity index (χ4v) is 5.82. The Bertz CT molecular complexity index is 1360. The number of rotatable bonds is 7. The van der Waals surface area contributed by atoms with Crippen LogP contribution in [0.4, 0.5) is 5.69 Å². The number of carbonyl (C=O) groups is 2. The minimum atomic E-state index is -0.686. The maximum Gasteiger partial charge on any atom is 0.338 e. The van der Waals surface area contributed by atoms with Gasteiger partial charge in [0.25, 0.3) is 5.69 Å². The number of amides is 1. The summed E-state index contributed by atoms with van der Waals surface area (Å²) in [6, 6.07) is 14.9. The van der Waals surface area contributed by atoms with Crippen molar-refractivity contribution in [3.05, 3.63) is 92.5 Å². The molecule has 0 aliphatic carbocycles. The average Bonchev–Trinajstić information content (AvgIpc) is 3.35. The highest BCUT2D eigenvalue weighted by Crippen LogP contribution is 2.47. The summed E-state index contributed by atoms with van der Waals surface area (Å²) in [4.78, 5) is 48.6. The predicted octanol–water partition coefficient (Wildman–Crippen LogP) is 4.03. The van der Waals surface area contributed by atoms with Crippen molar-refractivity contribution in [2.24, 2.45) is 4.99 Å². The molecule has 2 aromatic rings. The Kier molecular flexibility index (Phi) is 7.80. The van der Waals surface area contributed by atoms with Crippen molar-refractivity contribution in [2.45, 2.75) is 19.4 Å². The third-order valence-electron chi connectivity index (χ3n) is 6.96. The number of piperazine rings is 1. The van der Waals surface area contributed by atoms with Gasteiger partial charge in [-0.25, -0.2) is 9.79 Å². The second-order valence-electron chi connectivity index (χ2n) is 9.45. The summed E-state index contributed by atoms with van der Waals surface area (Å²) in [5, 5.41) is 13.9. The van der Waals surface area contributed by atoms with Crippen molar-refractivity contribution in [3.63, 3.8) is 0 Å². The highest BCUT2D eigenvalue weighted by atomic mass is 32.2. The van der Waals surface area contributed by atoms with E-state index in [9.17, 15) is 19.7 Å². The van der Waals surface area contributed by atoms with Crippen molar-refractivity contribution in [2.75, 3.05) is 39.8 Å². The first-order chi connectivity index (χ1) is 18.9. The monoisotopic (exact) mass is 547 g/mol. The first kappa shape index (κ1) is 26.6. The van der Waals surface area contributed by atoms with Gasteiger partial charge in [-0.05, 0) is 37.1 Å². The summed E-state index contributed by atoms with van der Waals surface area (Å²) in [5.74, 6) is -0.515. The zero-order valence-electron chi connectivity index (χ0n) is 21.8. The normalized spacial score (nSPS) is 19.4. The van der Waals surface area contributed by atoms with E-state index in [0.29, 0.717) is 35.1 Å². The molecule has 1 unspecified atom stereocenters. The Balaban J connectivity index is 1.58. The Hall–Kier alpha value is -3.96. The Labute approximate surface area is 230 Å². The van der Waals surface area contributed by atoms with Crippen LogP contribution in [-0.2, 0) is 14.3 Å². The molecule has 39 heavy (non-hydrogen) atoms. The second-order valence-corrected chi connectivity index (χ2v) is 10.3. The minimum absolute atomic E-state index is 0.00849. The Morgan fingerprint density at radius 2 is 1.77 bits per heavy atom. The molecular weight excluding hydrogens is 518 g/mol. The van der Waals surface area contributed by atoms with E-state index in [0.717, 1.165) is 24.4 Å². The van der Waals surface area contributed by atoms with Gasteiger partial charge in [-0.15, -0.1) is 0 Å². The highest BCUT2D eigenvalue weighted by molar-refractivity contribution is 8.16. The summed E-state index contributed by atoms with van der Waals surface area (Å²) in [5.41, 5.74) is 2.88. The molecule has 3 heterocycles. The lowest BCUT2D eigenvalue weighted by Gasteiger charge is -2.37. The van der Waals surface area contributed by atoms with Gasteiger partial charge in [-0.3, -0.25) is 14.9 Å². The largest absolute Gasteiger partial charge is 0.463 e. The number of nitro benzene ring substituents is 1. The number of hydrogen-bond donors (Lipinski definition) is 0. The van der Waals surface area contributed by atoms with Gasteiger partial charge in [-0.1, -0.05) is 42.1 Å². The summed E-state index contributed by atoms with van der Waals surface area (Å²) < 4.78 is 5.51. The van der Waals surface area contributed by atoms with E-state index in [4.69, 9.17) is 9.73 Å². The van der Waals surface area contributed by atoms with E-state index < -0.39 is 16.9 Å². The first-order valence-corrected chi connectivity index (χ1v) is 13.7. The lowest BCUT2D eigenvalue weighted by Crippen LogP contribution is -2.47. The minimum Gasteiger partial charge on any atom is -0.463 e. The smallest absolute Gasteiger partial charge is 0.338 e. The summed E-state index contributed by atoms with van der Waals surface area (Å²) in [6.45, 7) is 4.87. The van der Waals surface area contributed by atoms with Crippen molar-refractivity contribution in [3.8, 4) is 0 Å². The molecule has 2 aromatic carbocycles. The van der Waals surface area contributed by atoms with Gasteiger partial charge in [0.1, 0.15) is 0 Å². The number of carbonyl (C=O) groups excluding carboxylic acids is 2. The van der Waals surface area contributed by atoms with Gasteiger partial charge < -0.3 is 19.4 Å². The molecule has 3 aliphatic heterocycles. The van der Waals surface area contributed by atoms with Gasteiger partial charge in [0, 0.05) is 49.6 Å². The van der Waals surface area contributed by atoms with E-state index in [-0.39, 0.29) is 24.6 Å². The third-order valence-corrected chi connectivity index (χ3v) is 7.85. The standard InChI is InChI=1S/C28H29N5O5S/c1-3-38-27(35)24-25(19-7-5-4-6-8-19)29-28-32(26(24)20-9-11-21(12-10-20)33(36)37)22(18-39-28)17-23(34)31-15-13-30(2)14-16-31/h4-12,18,26H,3,13-17H2,1-2H3. The molecule has 3 aliphatic rings. The van der Waals surface area contributed by atoms with Crippen molar-refractivity contribution in [1.29, 1.82) is 0 Å². The third kappa shape index (κ3) is 5.45. The van der Waals surface area contributed by atoms with Crippen LogP contribution in [-0.4, -0.2) is 76.5 Å². The van der Waals surface area contributed by atoms with Gasteiger partial charge in [0.05, 0.1) is 35.3 Å². The Morgan fingerprint density at radius 3 is 2.41 bits per heavy atom. The molecule has 1 fully saturated rings. The number of aliphatic imine (C=N–C) groups is 1. The van der Waals surface area contributed by atoms with E-state index in [2.05, 4.69) is 4.90 Å². The molecule has 0 aromatic heterocycles. The summed E-state index contributed by atoms with van der Waals surface area (Å²) in [6.07, 6.45) is 0.149. The number of thioether (sulfide) groups is 1. The SMILES string of the molecule is CCOC(=O)C1=C(c2ccccc2)N=C2SC=C(CC(=O)N3CCN(C)CC3)N2C1c1ccc([N+](=O)[O-])cc1. The van der Waals surface area contributed by atoms with Crippen LogP contribution in [0.15, 0.2) is 76.3 Å². The van der Waals surface area contributed by atoms with E-state index in [1.165, 1.54) is 23.9 Å². The number of ether oxygens (including phenoxy) is 1. The predicted molar refractivity (Wildman–Crippen MR) is 149 cm³/mol. The van der Waals surface area contributed by atoms with Crippen LogP contribution < -0.4 is 0 Å². The van der Waals surface area contributed by atoms with Crippen molar-refractivity contribution >= 4 is 40.2 Å². The van der Waals surface area contributed by atoms with E-state index in [1.807, 2.05) is 52.6 Å². The molecule has 0 N–H and O–H groups in total. The van der Waals surface area contributed by atoms with Crippen molar-refractivity contribution < 1.29 is 19.2 Å². The number of esters is 1. The van der Waals surface area contributed by atoms with Crippen LogP contribution in [0.25, 0.3) is 5.70 Å². The average molecular weight is 548 g/mol. The molecule has 1 amide bonds. The first-order valence-electron chi connectivity index (χ1n) is 12.8. The number of benzene rings is 2. The topological polar surface area (TPSA) is 109 Å². The lowest BCUT2D eigenvalue weighted by atomic mass is 9.91. The van der Waals surface area contributed by atoms with Gasteiger partial charge in [0.2, 0.25) is 5.91 Å². The van der Waals surface area contributed by atoms with Crippen LogP contribution in [0.5, 0.6) is 0 Å². The number of nitro groups is 1. The van der Waals surface area contributed by atoms with Crippen molar-refractivity contribution in [1.82, 2.24) is 14.7 Å². The number of likely N-dealkylation sites (N-methyl/N-ethyl adjacent to an activating group) is 1. The number of hydrogen-bond acceptors (Lipinski definition) is 9. The quantitative estimate of drug-likeness (QED) is 0.290. The molecule has 0 spiro atoms. The van der Waals surface area contributed by atoms with Crippen LogP contribution in [0.2, 0.25) is 0 Å². The van der Waals surface area contributed by atoms with Crippen LogP contribution in [0, 0.1) is 10.1 Å². The lowest BCUT2D eigenvalue weighted by molar-refractivity contribution is -0.384. The number of nitrogens with zero attached hydrogens (tertiary/aromatic N) is 5. The molecule has 5 rings (SSSR count). The molecule has 0 saturated carbocycles. The molecule has 1 saturated heterocycles. The fourth-order valence-electron chi connectivity index (χ4n) is 4.90. The van der Waals surface area contributed by atoms with Crippen LogP contribution in [0.3, 0.4) is 0 Å². The summed E-state index contributed by atoms with van der Waals surface area (Å²) in [7, 11) is 2.04. The number of fused-ring (bicyclic) bond motifs is 1. The van der Waals surface area contributed by atoms with Gasteiger partial charge in [0.15, 0.2) is 5.17 Å². The van der Waals surface area contributed by atoms with E-state index >= 15 is 0 Å². The molecular formula is C28H29N5O5S. The zero-order valence-corrected chi connectivity index (χ0v) is 22.6. The molecule has 0 radical (unpaired) electrons.